The minimum atomic E-state index is -0.233. The maximum absolute atomic E-state index is 12.5. The van der Waals surface area contributed by atoms with E-state index in [4.69, 9.17) is 9.47 Å². The number of nitrogens with one attached hydrogen (secondary N) is 1. The largest absolute Gasteiger partial charge is 0.497 e. The van der Waals surface area contributed by atoms with Gasteiger partial charge in [0.1, 0.15) is 22.5 Å². The molecule has 0 saturated heterocycles. The van der Waals surface area contributed by atoms with Crippen molar-refractivity contribution in [2.75, 3.05) is 19.0 Å². The van der Waals surface area contributed by atoms with E-state index < -0.39 is 0 Å². The number of methoxy groups -OCH3 is 1. The third kappa shape index (κ3) is 4.72. The number of aromatic nitrogens is 3. The van der Waals surface area contributed by atoms with Crippen molar-refractivity contribution >= 4 is 22.6 Å². The summed E-state index contributed by atoms with van der Waals surface area (Å²) in [6.45, 7) is 6.14. The first kappa shape index (κ1) is 21.4. The minimum Gasteiger partial charge on any atom is -0.497 e. The quantitative estimate of drug-likeness (QED) is 0.452. The highest BCUT2D eigenvalue weighted by Gasteiger charge is 2.12. The molecule has 1 N–H and O–H groups in total. The van der Waals surface area contributed by atoms with Crippen LogP contribution in [0.5, 0.6) is 11.5 Å². The summed E-state index contributed by atoms with van der Waals surface area (Å²) in [4.78, 5) is 14.0. The lowest BCUT2D eigenvalue weighted by atomic mass is 10.0. The molecular weight excluding hydrogens is 404 g/mol. The van der Waals surface area contributed by atoms with Crippen LogP contribution in [0.2, 0.25) is 0 Å². The van der Waals surface area contributed by atoms with Crippen molar-refractivity contribution < 1.29 is 14.3 Å². The van der Waals surface area contributed by atoms with Gasteiger partial charge in [0.05, 0.1) is 12.8 Å². The predicted molar refractivity (Wildman–Crippen MR) is 125 cm³/mol. The van der Waals surface area contributed by atoms with E-state index in [1.165, 1.54) is 0 Å². The lowest BCUT2D eigenvalue weighted by Gasteiger charge is -2.14. The fourth-order valence-corrected chi connectivity index (χ4v) is 3.41. The molecule has 164 valence electrons. The summed E-state index contributed by atoms with van der Waals surface area (Å²) < 4.78 is 11.0. The van der Waals surface area contributed by atoms with E-state index in [0.717, 1.165) is 33.8 Å². The maximum Gasteiger partial charge on any atom is 0.262 e. The molecule has 3 aromatic carbocycles. The van der Waals surface area contributed by atoms with E-state index in [0.29, 0.717) is 17.1 Å². The van der Waals surface area contributed by atoms with Crippen molar-refractivity contribution in [1.29, 1.82) is 0 Å². The van der Waals surface area contributed by atoms with E-state index in [-0.39, 0.29) is 12.5 Å². The van der Waals surface area contributed by atoms with Gasteiger partial charge in [-0.3, -0.25) is 4.79 Å². The Hall–Kier alpha value is -3.87. The molecule has 0 atom stereocenters. The summed E-state index contributed by atoms with van der Waals surface area (Å²) in [7, 11) is 1.63. The van der Waals surface area contributed by atoms with Crippen LogP contribution < -0.4 is 14.8 Å². The van der Waals surface area contributed by atoms with Crippen molar-refractivity contribution in [3.63, 3.8) is 0 Å². The number of aryl methyl sites for hydroxylation is 1. The number of rotatable bonds is 7. The molecule has 0 aliphatic carbocycles. The van der Waals surface area contributed by atoms with Gasteiger partial charge in [-0.25, -0.2) is 0 Å². The molecule has 0 bridgehead atoms. The standard InChI is InChI=1S/C25H26N4O3/c1-16(2)21-11-5-17(3)13-24(21)32-15-25(30)26-18-6-12-22-23(14-18)28-29(27-22)19-7-9-20(31-4)10-8-19/h5-14,16H,15H2,1-4H3,(H,26,30). The van der Waals surface area contributed by atoms with Crippen molar-refractivity contribution in [2.45, 2.75) is 26.7 Å². The molecule has 0 saturated carbocycles. The predicted octanol–water partition coefficient (Wildman–Crippen LogP) is 4.88. The Labute approximate surface area is 187 Å². The Bertz CT molecular complexity index is 1250. The highest BCUT2D eigenvalue weighted by Crippen LogP contribution is 2.27. The molecule has 0 unspecified atom stereocenters. The van der Waals surface area contributed by atoms with E-state index in [1.54, 1.807) is 24.0 Å². The summed E-state index contributed by atoms with van der Waals surface area (Å²) in [6.07, 6.45) is 0. The monoisotopic (exact) mass is 430 g/mol. The molecule has 0 spiro atoms. The normalized spacial score (nSPS) is 11.0. The van der Waals surface area contributed by atoms with Crippen LogP contribution in [0.25, 0.3) is 16.7 Å². The van der Waals surface area contributed by atoms with Gasteiger partial charge in [0, 0.05) is 5.69 Å². The number of benzene rings is 3. The second-order valence-electron chi connectivity index (χ2n) is 7.92. The molecule has 0 aliphatic heterocycles. The van der Waals surface area contributed by atoms with E-state index in [1.807, 2.05) is 49.4 Å². The van der Waals surface area contributed by atoms with Gasteiger partial charge in [-0.1, -0.05) is 26.0 Å². The Morgan fingerprint density at radius 3 is 2.47 bits per heavy atom. The Morgan fingerprint density at radius 1 is 1.00 bits per heavy atom. The van der Waals surface area contributed by atoms with Crippen molar-refractivity contribution in [3.8, 4) is 17.2 Å². The molecule has 0 fully saturated rings. The van der Waals surface area contributed by atoms with Crippen molar-refractivity contribution in [2.24, 2.45) is 0 Å². The van der Waals surface area contributed by atoms with Crippen LogP contribution in [-0.4, -0.2) is 34.6 Å². The zero-order valence-electron chi connectivity index (χ0n) is 18.6. The zero-order valence-corrected chi connectivity index (χ0v) is 18.6. The zero-order chi connectivity index (χ0) is 22.7. The molecule has 1 heterocycles. The molecular formula is C25H26N4O3. The van der Waals surface area contributed by atoms with Crippen LogP contribution >= 0.6 is 0 Å². The minimum absolute atomic E-state index is 0.0697. The second-order valence-corrected chi connectivity index (χ2v) is 7.92. The van der Waals surface area contributed by atoms with Crippen LogP contribution in [-0.2, 0) is 4.79 Å². The van der Waals surface area contributed by atoms with Gasteiger partial charge < -0.3 is 14.8 Å². The van der Waals surface area contributed by atoms with Crippen LogP contribution in [0.15, 0.2) is 60.7 Å². The number of nitrogens with zero attached hydrogens (tertiary/aromatic N) is 3. The smallest absolute Gasteiger partial charge is 0.262 e. The lowest BCUT2D eigenvalue weighted by molar-refractivity contribution is -0.118. The topological polar surface area (TPSA) is 78.3 Å². The van der Waals surface area contributed by atoms with Gasteiger partial charge in [-0.2, -0.15) is 4.80 Å². The number of carbonyl (C=O) groups is 1. The number of ether oxygens (including phenoxy) is 2. The lowest BCUT2D eigenvalue weighted by Crippen LogP contribution is -2.20. The highest BCUT2D eigenvalue weighted by atomic mass is 16.5. The average molecular weight is 431 g/mol. The number of anilines is 1. The summed E-state index contributed by atoms with van der Waals surface area (Å²) in [5.41, 5.74) is 5.05. The first-order valence-corrected chi connectivity index (χ1v) is 10.5. The molecule has 1 amide bonds. The molecule has 0 radical (unpaired) electrons. The molecule has 4 aromatic rings. The maximum atomic E-state index is 12.5. The summed E-state index contributed by atoms with van der Waals surface area (Å²) in [6, 6.07) is 19.0. The van der Waals surface area contributed by atoms with Crippen molar-refractivity contribution in [3.05, 3.63) is 71.8 Å². The van der Waals surface area contributed by atoms with Gasteiger partial charge in [-0.05, 0) is 72.5 Å². The van der Waals surface area contributed by atoms with Crippen molar-refractivity contribution in [1.82, 2.24) is 15.0 Å². The summed E-state index contributed by atoms with van der Waals surface area (Å²) in [5.74, 6) is 1.59. The van der Waals surface area contributed by atoms with Crippen LogP contribution in [0.4, 0.5) is 5.69 Å². The fourth-order valence-electron chi connectivity index (χ4n) is 3.41. The van der Waals surface area contributed by atoms with Gasteiger partial charge in [-0.15, -0.1) is 10.2 Å². The Morgan fingerprint density at radius 2 is 1.75 bits per heavy atom. The summed E-state index contributed by atoms with van der Waals surface area (Å²) in [5, 5.41) is 11.9. The van der Waals surface area contributed by atoms with Crippen LogP contribution in [0.3, 0.4) is 0 Å². The molecule has 0 aliphatic rings. The molecule has 32 heavy (non-hydrogen) atoms. The van der Waals surface area contributed by atoms with Crippen LogP contribution in [0, 0.1) is 6.92 Å². The first-order chi connectivity index (χ1) is 15.4. The molecule has 7 heteroatoms. The first-order valence-electron chi connectivity index (χ1n) is 10.5. The Kier molecular flexibility index (Phi) is 6.07. The Balaban J connectivity index is 1.45. The number of hydrogen-bond donors (Lipinski definition) is 1. The van der Waals surface area contributed by atoms with E-state index in [2.05, 4.69) is 35.4 Å². The van der Waals surface area contributed by atoms with E-state index in [9.17, 15) is 4.79 Å². The van der Waals surface area contributed by atoms with Crippen LogP contribution in [0.1, 0.15) is 30.9 Å². The number of carbonyl (C=O) groups excluding carboxylic acids is 1. The van der Waals surface area contributed by atoms with Gasteiger partial charge in [0.25, 0.3) is 5.91 Å². The number of fused-ring (bicyclic) bond motifs is 1. The molecule has 4 rings (SSSR count). The third-order valence-corrected chi connectivity index (χ3v) is 5.12. The van der Waals surface area contributed by atoms with Gasteiger partial charge in [0.2, 0.25) is 0 Å². The SMILES string of the molecule is COc1ccc(-n2nc3ccc(NC(=O)COc4cc(C)ccc4C(C)C)cc3n2)cc1. The van der Waals surface area contributed by atoms with E-state index >= 15 is 0 Å². The molecule has 7 nitrogen and oxygen atoms in total. The number of amides is 1. The average Bonchev–Trinajstić information content (AvgIpc) is 3.21. The third-order valence-electron chi connectivity index (χ3n) is 5.12. The van der Waals surface area contributed by atoms with Gasteiger partial charge in [0.15, 0.2) is 6.61 Å². The second kappa shape index (κ2) is 9.09. The number of hydrogen-bond acceptors (Lipinski definition) is 5. The van der Waals surface area contributed by atoms with Gasteiger partial charge >= 0.3 is 0 Å². The highest BCUT2D eigenvalue weighted by molar-refractivity contribution is 5.93. The molecule has 1 aromatic heterocycles. The fraction of sp³-hybridized carbons (Fsp3) is 0.240. The summed E-state index contributed by atoms with van der Waals surface area (Å²) >= 11 is 0.